The van der Waals surface area contributed by atoms with Gasteiger partial charge in [0.2, 0.25) is 5.91 Å². The summed E-state index contributed by atoms with van der Waals surface area (Å²) in [6.45, 7) is 13.5. The molecule has 7 rings (SSSR count). The van der Waals surface area contributed by atoms with E-state index in [4.69, 9.17) is 48.1 Å². The van der Waals surface area contributed by atoms with Crippen molar-refractivity contribution in [3.8, 4) is 17.2 Å². The molecule has 3 aromatic rings. The lowest BCUT2D eigenvalue weighted by molar-refractivity contribution is -0.142. The van der Waals surface area contributed by atoms with Gasteiger partial charge in [0.1, 0.15) is 37.1 Å². The van der Waals surface area contributed by atoms with Crippen molar-refractivity contribution < 1.29 is 67.3 Å². The minimum Gasteiger partial charge on any atom is -0.492 e. The Kier molecular flexibility index (Phi) is 23.6. The van der Waals surface area contributed by atoms with Crippen LogP contribution in [0.5, 0.6) is 17.2 Å². The number of fused-ring (bicyclic) bond motifs is 4. The Morgan fingerprint density at radius 2 is 1.19 bits per heavy atom. The number of ether oxygens (including phenoxy) is 8. The van der Waals surface area contributed by atoms with Gasteiger partial charge < -0.3 is 67.7 Å². The molecule has 2 fully saturated rings. The van der Waals surface area contributed by atoms with Gasteiger partial charge in [-0.3, -0.25) is 34.1 Å². The number of carbonyl (C=O) groups excluding carboxylic acids is 4. The highest BCUT2D eigenvalue weighted by atomic mass is 32.2. The number of esters is 1. The van der Waals surface area contributed by atoms with E-state index in [1.54, 1.807) is 82.3 Å². The van der Waals surface area contributed by atoms with Crippen LogP contribution in [0.25, 0.3) is 0 Å². The Hall–Kier alpha value is -6.24. The molecular weight excluding hydrogens is 1060 g/mol. The first-order chi connectivity index (χ1) is 39.1. The summed E-state index contributed by atoms with van der Waals surface area (Å²) in [4.78, 5) is 73.4. The van der Waals surface area contributed by atoms with Crippen LogP contribution in [0.15, 0.2) is 69.7 Å². The third kappa shape index (κ3) is 17.9. The Morgan fingerprint density at radius 3 is 1.67 bits per heavy atom. The number of aliphatic hydroxyl groups excluding tert-OH is 2. The fourth-order valence-electron chi connectivity index (χ4n) is 9.59. The van der Waals surface area contributed by atoms with E-state index in [0.29, 0.717) is 160 Å². The van der Waals surface area contributed by atoms with Crippen LogP contribution in [-0.2, 0) is 59.7 Å². The Morgan fingerprint density at radius 1 is 0.691 bits per heavy atom. The van der Waals surface area contributed by atoms with Gasteiger partial charge in [-0.2, -0.15) is 0 Å². The first kappa shape index (κ1) is 62.4. The molecule has 0 saturated carbocycles. The van der Waals surface area contributed by atoms with Gasteiger partial charge in [0.25, 0.3) is 11.8 Å². The molecule has 3 amide bonds. The van der Waals surface area contributed by atoms with Gasteiger partial charge in [0.15, 0.2) is 0 Å². The summed E-state index contributed by atoms with van der Waals surface area (Å²) < 4.78 is 45.4. The van der Waals surface area contributed by atoms with E-state index in [-0.39, 0.29) is 73.4 Å². The maximum atomic E-state index is 13.7. The number of nitrogens with zero attached hydrogens (tertiary/aromatic N) is 7. The molecule has 0 unspecified atom stereocenters. The molecule has 2 N–H and O–H groups in total. The molecule has 5 heterocycles. The number of amides is 3. The molecule has 21 nitrogen and oxygen atoms in total. The fourth-order valence-corrected chi connectivity index (χ4v) is 10.6. The Balaban J connectivity index is 0.922. The molecular formula is C59H79N7O14S. The quantitative estimate of drug-likeness (QED) is 0.0422. The average Bonchev–Trinajstić information content (AvgIpc) is 4.15. The molecule has 1 aromatic heterocycles. The standard InChI is InChI=1S/C59H79N7O14S/c1-8-40-22-46-30-60-51-28-53(42(34-67)24-49(51)57(71)65(46)32-40)79-36-44-26-48(27-45(62-44)37-80-54-29-52-50(25-43(54)35-68)58(72)66-33-41(9-2)23-47(66)31-61-52)78-15-11-63(5)39-59(3,4)81-38-55(69)64(6)12-14-75-17-19-77-21-20-76-18-16-74-13-10-56(70)73-7/h8-9,24-31,46-47,67-68H,10-23,32-39H2,1-7H3/b40-8+,41-9+/t46-,47-/m0/s1. The van der Waals surface area contributed by atoms with E-state index in [1.807, 2.05) is 33.0 Å². The highest BCUT2D eigenvalue weighted by molar-refractivity contribution is 8.01. The van der Waals surface area contributed by atoms with Crippen LogP contribution in [0.4, 0.5) is 11.4 Å². The SMILES string of the molecule is C/C=C1\C[C@H]2C=Nc3cc(OCc4cc(OCCN(C)CC(C)(C)SCC(=O)N(C)CCOCCOCCOCCOCCC(=O)OC)cc(COc5cc6c(cc5CO)C(=O)N5C/C(=C/C)C[C@H]5C=N6)n4)c(CO)cc3C(=O)N2C1. The van der Waals surface area contributed by atoms with Crippen molar-refractivity contribution in [2.75, 3.05) is 119 Å². The highest BCUT2D eigenvalue weighted by Crippen LogP contribution is 2.38. The molecule has 4 aliphatic rings. The highest BCUT2D eigenvalue weighted by Gasteiger charge is 2.36. The molecule has 4 aliphatic heterocycles. The normalized spacial score (nSPS) is 17.6. The molecule has 0 spiro atoms. The molecule has 0 aliphatic carbocycles. The lowest BCUT2D eigenvalue weighted by atomic mass is 10.1. The number of thioether (sulfide) groups is 1. The van der Waals surface area contributed by atoms with Crippen LogP contribution < -0.4 is 14.2 Å². The summed E-state index contributed by atoms with van der Waals surface area (Å²) in [5.41, 5.74) is 5.90. The van der Waals surface area contributed by atoms with Crippen molar-refractivity contribution in [2.24, 2.45) is 9.98 Å². The van der Waals surface area contributed by atoms with Crippen molar-refractivity contribution in [1.29, 1.82) is 0 Å². The lowest BCUT2D eigenvalue weighted by Crippen LogP contribution is -2.38. The monoisotopic (exact) mass is 1140 g/mol. The number of likely N-dealkylation sites (N-methyl/N-ethyl adjacent to an activating group) is 2. The number of benzene rings is 2. The third-order valence-electron chi connectivity index (χ3n) is 14.2. The largest absolute Gasteiger partial charge is 0.492 e. The van der Waals surface area contributed by atoms with Crippen molar-refractivity contribution in [3.63, 3.8) is 0 Å². The van der Waals surface area contributed by atoms with Gasteiger partial charge >= 0.3 is 5.97 Å². The zero-order valence-electron chi connectivity index (χ0n) is 47.8. The van der Waals surface area contributed by atoms with Crippen molar-refractivity contribution >= 4 is 59.3 Å². The zero-order chi connectivity index (χ0) is 57.9. The minimum atomic E-state index is -0.373. The predicted octanol–water partition coefficient (Wildman–Crippen LogP) is 5.89. The number of hydrogen-bond donors (Lipinski definition) is 2. The minimum absolute atomic E-state index is 0.00587. The van der Waals surface area contributed by atoms with Crippen molar-refractivity contribution in [3.05, 3.63) is 93.3 Å². The fraction of sp³-hybridized carbons (Fsp3) is 0.542. The molecule has 81 heavy (non-hydrogen) atoms. The summed E-state index contributed by atoms with van der Waals surface area (Å²) in [5, 5.41) is 21.0. The summed E-state index contributed by atoms with van der Waals surface area (Å²) in [6.07, 6.45) is 9.32. The van der Waals surface area contributed by atoms with E-state index in [0.717, 1.165) is 12.8 Å². The number of aliphatic imine (C=N–C) groups is 2. The van der Waals surface area contributed by atoms with Gasteiger partial charge in [-0.15, -0.1) is 11.8 Å². The van der Waals surface area contributed by atoms with Crippen molar-refractivity contribution in [1.82, 2.24) is 24.6 Å². The number of carbonyl (C=O) groups is 4. The van der Waals surface area contributed by atoms with E-state index in [1.165, 1.54) is 18.3 Å². The van der Waals surface area contributed by atoms with Crippen molar-refractivity contribution in [2.45, 2.75) is 90.2 Å². The number of rotatable bonds is 32. The second-order valence-corrected chi connectivity index (χ2v) is 22.4. The molecule has 2 atom stereocenters. The summed E-state index contributed by atoms with van der Waals surface area (Å²) in [7, 11) is 5.12. The first-order valence-corrected chi connectivity index (χ1v) is 28.5. The number of aromatic nitrogens is 1. The van der Waals surface area contributed by atoms with Crippen LogP contribution >= 0.6 is 11.8 Å². The van der Waals surface area contributed by atoms with Gasteiger partial charge in [-0.05, 0) is 59.7 Å². The number of aliphatic hydroxyl groups is 2. The van der Waals surface area contributed by atoms with Gasteiger partial charge in [-0.25, -0.2) is 0 Å². The van der Waals surface area contributed by atoms with Gasteiger partial charge in [0, 0.05) is 92.3 Å². The third-order valence-corrected chi connectivity index (χ3v) is 15.5. The molecule has 22 heteroatoms. The second-order valence-electron chi connectivity index (χ2n) is 20.7. The van der Waals surface area contributed by atoms with Crippen LogP contribution in [0, 0.1) is 0 Å². The smallest absolute Gasteiger partial charge is 0.307 e. The van der Waals surface area contributed by atoms with E-state index < -0.39 is 0 Å². The van der Waals surface area contributed by atoms with Crippen LogP contribution in [0.3, 0.4) is 0 Å². The predicted molar refractivity (Wildman–Crippen MR) is 307 cm³/mol. The summed E-state index contributed by atoms with van der Waals surface area (Å²) in [5.74, 6) is 0.917. The molecule has 0 bridgehead atoms. The van der Waals surface area contributed by atoms with E-state index in [2.05, 4.69) is 23.5 Å². The van der Waals surface area contributed by atoms with Gasteiger partial charge in [0.05, 0.1) is 131 Å². The Labute approximate surface area is 479 Å². The van der Waals surface area contributed by atoms with Crippen LogP contribution in [0.2, 0.25) is 0 Å². The van der Waals surface area contributed by atoms with Crippen LogP contribution in [0.1, 0.15) is 90.2 Å². The molecule has 2 saturated heterocycles. The first-order valence-electron chi connectivity index (χ1n) is 27.5. The molecule has 440 valence electrons. The van der Waals surface area contributed by atoms with Gasteiger partial charge in [-0.1, -0.05) is 23.3 Å². The zero-order valence-corrected chi connectivity index (χ0v) is 48.6. The summed E-state index contributed by atoms with van der Waals surface area (Å²) in [6, 6.07) is 9.92. The Bertz CT molecular complexity index is 2650. The second kappa shape index (κ2) is 30.7. The van der Waals surface area contributed by atoms with Crippen LogP contribution in [-0.4, -0.2) is 207 Å². The summed E-state index contributed by atoms with van der Waals surface area (Å²) >= 11 is 1.58. The van der Waals surface area contributed by atoms with E-state index >= 15 is 0 Å². The maximum absolute atomic E-state index is 13.7. The topological polar surface area (TPSA) is 233 Å². The number of pyridine rings is 1. The van der Waals surface area contributed by atoms with E-state index in [9.17, 15) is 29.4 Å². The average molecular weight is 1140 g/mol. The maximum Gasteiger partial charge on any atom is 0.307 e. The number of hydrogen-bond acceptors (Lipinski definition) is 19. The number of allylic oxidation sites excluding steroid dienone is 2. The number of methoxy groups -OCH3 is 1. The molecule has 0 radical (unpaired) electrons. The lowest BCUT2D eigenvalue weighted by Gasteiger charge is -2.30. The molecule has 2 aromatic carbocycles.